The number of carbonyl (C=O) groups excluding carboxylic acids is 1. The van der Waals surface area contributed by atoms with Crippen LogP contribution in [0, 0.1) is 0 Å². The van der Waals surface area contributed by atoms with Crippen LogP contribution >= 0.6 is 0 Å². The van der Waals surface area contributed by atoms with Gasteiger partial charge in [-0.3, -0.25) is 4.79 Å². The number of benzene rings is 1. The molecule has 1 aliphatic heterocycles. The molecule has 32 heavy (non-hydrogen) atoms. The molecule has 0 aliphatic carbocycles. The van der Waals surface area contributed by atoms with E-state index in [0.717, 1.165) is 19.3 Å². The fourth-order valence-corrected chi connectivity index (χ4v) is 2.84. The molecule has 0 aromatic heterocycles. The van der Waals surface area contributed by atoms with Gasteiger partial charge in [0, 0.05) is 12.1 Å². The Hall–Kier alpha value is -2.35. The Morgan fingerprint density at radius 2 is 1.41 bits per heavy atom. The monoisotopic (exact) mass is 449 g/mol. The molecule has 1 aromatic rings. The predicted molar refractivity (Wildman–Crippen MR) is 121 cm³/mol. The molecule has 8 nitrogen and oxygen atoms in total. The first kappa shape index (κ1) is 25.9. The molecule has 0 fully saturated rings. The van der Waals surface area contributed by atoms with E-state index in [1.54, 1.807) is 18.2 Å². The summed E-state index contributed by atoms with van der Waals surface area (Å²) in [5.41, 5.74) is 3.27. The van der Waals surface area contributed by atoms with Crippen molar-refractivity contribution in [2.45, 2.75) is 19.3 Å². The van der Waals surface area contributed by atoms with E-state index in [0.29, 0.717) is 89.7 Å². The van der Waals surface area contributed by atoms with Crippen molar-refractivity contribution < 1.29 is 33.2 Å². The van der Waals surface area contributed by atoms with Crippen LogP contribution in [0.3, 0.4) is 0 Å². The largest absolute Gasteiger partial charge is 0.487 e. The standard InChI is InChI=1S/C24H35NO7/c1-2-3-4-5-6-9-25-24(26)21-7-8-22-23(20-21)32-19-17-30-15-13-28-11-10-27-12-14-29-16-18-31-22/h3,7-8,20H,1,4-6,9-19H2,(H,25,26). The van der Waals surface area contributed by atoms with E-state index < -0.39 is 0 Å². The van der Waals surface area contributed by atoms with Crippen LogP contribution in [0.15, 0.2) is 36.6 Å². The molecule has 0 saturated heterocycles. The van der Waals surface area contributed by atoms with Gasteiger partial charge in [-0.1, -0.05) is 6.58 Å². The van der Waals surface area contributed by atoms with Crippen LogP contribution in [0.5, 0.6) is 11.5 Å². The molecular weight excluding hydrogens is 414 g/mol. The molecule has 2 rings (SSSR count). The number of hydrogen-bond acceptors (Lipinski definition) is 7. The average Bonchev–Trinajstić information content (AvgIpc) is 2.81. The van der Waals surface area contributed by atoms with Crippen LogP contribution < -0.4 is 14.8 Å². The second-order valence-corrected chi connectivity index (χ2v) is 6.97. The molecule has 0 bridgehead atoms. The average molecular weight is 450 g/mol. The number of ether oxygens (including phenoxy) is 6. The maximum absolute atomic E-state index is 12.5. The number of amides is 1. The van der Waals surface area contributed by atoms with Crippen molar-refractivity contribution in [3.05, 3.63) is 42.1 Å². The molecule has 0 atom stereocenters. The van der Waals surface area contributed by atoms with Crippen LogP contribution in [-0.4, -0.2) is 78.5 Å². The fourth-order valence-electron chi connectivity index (χ4n) is 2.84. The SMILES string of the molecule is C=C=CCCCCNC(=O)c1ccc2c(c1)OCCOCCOCCOCCOCCO2. The molecular formula is C24H35NO7. The summed E-state index contributed by atoms with van der Waals surface area (Å²) in [5, 5.41) is 2.93. The van der Waals surface area contributed by atoms with Gasteiger partial charge >= 0.3 is 0 Å². The van der Waals surface area contributed by atoms with E-state index in [1.165, 1.54) is 0 Å². The van der Waals surface area contributed by atoms with E-state index in [1.807, 2.05) is 6.08 Å². The van der Waals surface area contributed by atoms with E-state index in [2.05, 4.69) is 17.6 Å². The number of hydrogen-bond donors (Lipinski definition) is 1. The summed E-state index contributed by atoms with van der Waals surface area (Å²) in [7, 11) is 0. The van der Waals surface area contributed by atoms with Gasteiger partial charge in [-0.15, -0.1) is 5.73 Å². The minimum atomic E-state index is -0.146. The summed E-state index contributed by atoms with van der Waals surface area (Å²) in [6, 6.07) is 5.17. The van der Waals surface area contributed by atoms with Gasteiger partial charge in [-0.05, 0) is 43.5 Å². The van der Waals surface area contributed by atoms with E-state index in [4.69, 9.17) is 28.4 Å². The molecule has 8 heteroatoms. The number of carbonyl (C=O) groups is 1. The third-order valence-corrected chi connectivity index (χ3v) is 4.50. The maximum Gasteiger partial charge on any atom is 0.251 e. The quantitative estimate of drug-likeness (QED) is 0.528. The van der Waals surface area contributed by atoms with Crippen LogP contribution in [0.4, 0.5) is 0 Å². The molecule has 0 unspecified atom stereocenters. The summed E-state index contributed by atoms with van der Waals surface area (Å²) in [5.74, 6) is 0.909. The highest BCUT2D eigenvalue weighted by molar-refractivity contribution is 5.94. The Kier molecular flexibility index (Phi) is 14.0. The lowest BCUT2D eigenvalue weighted by atomic mass is 10.1. The molecule has 1 amide bonds. The number of unbranched alkanes of at least 4 members (excludes halogenated alkanes) is 2. The van der Waals surface area contributed by atoms with E-state index >= 15 is 0 Å². The normalized spacial score (nSPS) is 16.8. The molecule has 0 spiro atoms. The highest BCUT2D eigenvalue weighted by Crippen LogP contribution is 2.28. The van der Waals surface area contributed by atoms with Gasteiger partial charge in [0.05, 0.1) is 52.9 Å². The topological polar surface area (TPSA) is 84.5 Å². The Morgan fingerprint density at radius 1 is 0.844 bits per heavy atom. The molecule has 0 saturated carbocycles. The maximum atomic E-state index is 12.5. The number of allylic oxidation sites excluding steroid dienone is 1. The molecule has 1 aromatic carbocycles. The molecule has 1 aliphatic rings. The van der Waals surface area contributed by atoms with Gasteiger partial charge in [0.15, 0.2) is 11.5 Å². The summed E-state index contributed by atoms with van der Waals surface area (Å²) in [6.45, 7) is 8.67. The van der Waals surface area contributed by atoms with Crippen molar-refractivity contribution in [3.63, 3.8) is 0 Å². The Balaban J connectivity index is 1.90. The molecule has 1 heterocycles. The Morgan fingerprint density at radius 3 is 2.00 bits per heavy atom. The van der Waals surface area contributed by atoms with Crippen LogP contribution in [-0.2, 0) is 18.9 Å². The first-order valence-electron chi connectivity index (χ1n) is 11.1. The first-order valence-corrected chi connectivity index (χ1v) is 11.1. The van der Waals surface area contributed by atoms with Crippen molar-refractivity contribution in [1.82, 2.24) is 5.32 Å². The number of fused-ring (bicyclic) bond motifs is 1. The molecule has 1 N–H and O–H groups in total. The molecule has 178 valence electrons. The minimum absolute atomic E-state index is 0.146. The highest BCUT2D eigenvalue weighted by Gasteiger charge is 2.12. The highest BCUT2D eigenvalue weighted by atomic mass is 16.6. The van der Waals surface area contributed by atoms with Gasteiger partial charge in [0.25, 0.3) is 5.91 Å². The van der Waals surface area contributed by atoms with Crippen LogP contribution in [0.25, 0.3) is 0 Å². The Labute approximate surface area is 190 Å². The summed E-state index contributed by atoms with van der Waals surface area (Å²) in [4.78, 5) is 12.5. The summed E-state index contributed by atoms with van der Waals surface area (Å²) in [6.07, 6.45) is 4.67. The fraction of sp³-hybridized carbons (Fsp3) is 0.583. The summed E-state index contributed by atoms with van der Waals surface area (Å²) < 4.78 is 33.5. The van der Waals surface area contributed by atoms with Crippen molar-refractivity contribution in [2.24, 2.45) is 0 Å². The second kappa shape index (κ2) is 17.2. The van der Waals surface area contributed by atoms with Gasteiger partial charge in [0.2, 0.25) is 0 Å². The smallest absolute Gasteiger partial charge is 0.251 e. The molecule has 0 radical (unpaired) electrons. The zero-order valence-corrected chi connectivity index (χ0v) is 18.8. The van der Waals surface area contributed by atoms with Gasteiger partial charge < -0.3 is 33.7 Å². The lowest BCUT2D eigenvalue weighted by molar-refractivity contribution is -0.00842. The van der Waals surface area contributed by atoms with Gasteiger partial charge in [-0.2, -0.15) is 0 Å². The number of rotatable bonds is 6. The predicted octanol–water partition coefficient (Wildman–Crippen LogP) is 2.77. The van der Waals surface area contributed by atoms with E-state index in [-0.39, 0.29) is 5.91 Å². The lowest BCUT2D eigenvalue weighted by Gasteiger charge is -2.15. The van der Waals surface area contributed by atoms with Gasteiger partial charge in [0.1, 0.15) is 13.2 Å². The zero-order chi connectivity index (χ0) is 22.7. The van der Waals surface area contributed by atoms with E-state index in [9.17, 15) is 4.79 Å². The van der Waals surface area contributed by atoms with Crippen molar-refractivity contribution in [3.8, 4) is 11.5 Å². The summed E-state index contributed by atoms with van der Waals surface area (Å²) >= 11 is 0. The lowest BCUT2D eigenvalue weighted by Crippen LogP contribution is -2.24. The van der Waals surface area contributed by atoms with Gasteiger partial charge in [-0.25, -0.2) is 0 Å². The third kappa shape index (κ3) is 11.3. The van der Waals surface area contributed by atoms with Crippen LogP contribution in [0.2, 0.25) is 0 Å². The first-order chi connectivity index (χ1) is 15.8. The van der Waals surface area contributed by atoms with Crippen molar-refractivity contribution in [2.75, 3.05) is 72.6 Å². The van der Waals surface area contributed by atoms with Crippen molar-refractivity contribution in [1.29, 1.82) is 0 Å². The zero-order valence-electron chi connectivity index (χ0n) is 18.8. The Bertz CT molecular complexity index is 704. The third-order valence-electron chi connectivity index (χ3n) is 4.50. The van der Waals surface area contributed by atoms with Crippen LogP contribution in [0.1, 0.15) is 29.6 Å². The minimum Gasteiger partial charge on any atom is -0.487 e. The van der Waals surface area contributed by atoms with Crippen molar-refractivity contribution >= 4 is 5.91 Å². The number of nitrogens with one attached hydrogen (secondary N) is 1. The second-order valence-electron chi connectivity index (χ2n) is 6.97.